The van der Waals surface area contributed by atoms with Gasteiger partial charge in [-0.05, 0) is 34.5 Å². The van der Waals surface area contributed by atoms with Gasteiger partial charge in [0.2, 0.25) is 0 Å². The molecule has 1 aromatic heterocycles. The van der Waals surface area contributed by atoms with E-state index in [-0.39, 0.29) is 5.56 Å². The van der Waals surface area contributed by atoms with Crippen LogP contribution in [0.1, 0.15) is 16.8 Å². The Labute approximate surface area is 119 Å². The molecule has 5 nitrogen and oxygen atoms in total. The zero-order valence-corrected chi connectivity index (χ0v) is 11.7. The van der Waals surface area contributed by atoms with Crippen molar-refractivity contribution in [1.82, 2.24) is 9.55 Å². The molecule has 0 bridgehead atoms. The molecule has 0 spiro atoms. The summed E-state index contributed by atoms with van der Waals surface area (Å²) in [4.78, 5) is 15.0. The van der Waals surface area contributed by atoms with Crippen molar-refractivity contribution in [1.29, 1.82) is 0 Å². The molecular weight excluding hydrogens is 312 g/mol. The number of ether oxygens (including phenoxy) is 1. The van der Waals surface area contributed by atoms with Crippen LogP contribution in [0.15, 0.2) is 41.4 Å². The molecule has 1 heterocycles. The van der Waals surface area contributed by atoms with Crippen LogP contribution in [0, 0.1) is 0 Å². The quantitative estimate of drug-likeness (QED) is 0.830. The summed E-state index contributed by atoms with van der Waals surface area (Å²) in [5.74, 6) is -0.619. The number of aromatic nitrogens is 2. The third kappa shape index (κ3) is 3.57. The Morgan fingerprint density at radius 1 is 1.47 bits per heavy atom. The second kappa shape index (κ2) is 6.38. The standard InChI is InChI=1S/C13H13BrN2O3/c14-11-4-1-3-10(13(17)18)12(11)19-8-2-6-16-7-5-15-9-16/h1,3-5,7,9H,2,6,8H2,(H,17,18). The van der Waals surface area contributed by atoms with Crippen molar-refractivity contribution >= 4 is 21.9 Å². The molecule has 0 atom stereocenters. The van der Waals surface area contributed by atoms with Crippen LogP contribution in [0.4, 0.5) is 0 Å². The molecule has 0 saturated carbocycles. The fourth-order valence-corrected chi connectivity index (χ4v) is 2.14. The van der Waals surface area contributed by atoms with Crippen molar-refractivity contribution in [3.63, 3.8) is 0 Å². The molecule has 0 aliphatic carbocycles. The highest BCUT2D eigenvalue weighted by Gasteiger charge is 2.13. The zero-order valence-electron chi connectivity index (χ0n) is 10.1. The summed E-state index contributed by atoms with van der Waals surface area (Å²) in [6.07, 6.45) is 6.11. The Kier molecular flexibility index (Phi) is 4.57. The van der Waals surface area contributed by atoms with E-state index in [1.54, 1.807) is 24.7 Å². The third-order valence-electron chi connectivity index (χ3n) is 2.56. The van der Waals surface area contributed by atoms with Crippen LogP contribution in [0.25, 0.3) is 0 Å². The van der Waals surface area contributed by atoms with Crippen molar-refractivity contribution in [2.75, 3.05) is 6.61 Å². The summed E-state index contributed by atoms with van der Waals surface area (Å²) < 4.78 is 8.16. The van der Waals surface area contributed by atoms with Crippen LogP contribution in [0.2, 0.25) is 0 Å². The Morgan fingerprint density at radius 3 is 3.00 bits per heavy atom. The molecule has 1 N–H and O–H groups in total. The van der Waals surface area contributed by atoms with Crippen LogP contribution in [0.3, 0.4) is 0 Å². The number of aryl methyl sites for hydroxylation is 1. The number of benzene rings is 1. The van der Waals surface area contributed by atoms with Crippen LogP contribution in [0.5, 0.6) is 5.75 Å². The topological polar surface area (TPSA) is 64.3 Å². The van der Waals surface area contributed by atoms with E-state index in [0.717, 1.165) is 13.0 Å². The van der Waals surface area contributed by atoms with Gasteiger partial charge in [0.25, 0.3) is 0 Å². The monoisotopic (exact) mass is 324 g/mol. The number of nitrogens with zero attached hydrogens (tertiary/aromatic N) is 2. The zero-order chi connectivity index (χ0) is 13.7. The van der Waals surface area contributed by atoms with Gasteiger partial charge in [0.1, 0.15) is 11.3 Å². The van der Waals surface area contributed by atoms with Crippen LogP contribution >= 0.6 is 15.9 Å². The van der Waals surface area contributed by atoms with Gasteiger partial charge in [-0.15, -0.1) is 0 Å². The first-order valence-electron chi connectivity index (χ1n) is 5.79. The van der Waals surface area contributed by atoms with Gasteiger partial charge in [-0.2, -0.15) is 0 Å². The number of carbonyl (C=O) groups is 1. The number of carboxylic acids is 1. The number of hydrogen-bond acceptors (Lipinski definition) is 3. The largest absolute Gasteiger partial charge is 0.491 e. The number of imidazole rings is 1. The van der Waals surface area contributed by atoms with Crippen LogP contribution in [-0.2, 0) is 6.54 Å². The van der Waals surface area contributed by atoms with Gasteiger partial charge in [-0.3, -0.25) is 0 Å². The molecule has 1 aromatic carbocycles. The van der Waals surface area contributed by atoms with Gasteiger partial charge >= 0.3 is 5.97 Å². The molecule has 0 aliphatic rings. The molecule has 6 heteroatoms. The molecule has 0 amide bonds. The summed E-state index contributed by atoms with van der Waals surface area (Å²) in [5.41, 5.74) is 0.164. The molecule has 2 rings (SSSR count). The van der Waals surface area contributed by atoms with E-state index in [4.69, 9.17) is 9.84 Å². The number of para-hydroxylation sites is 1. The maximum Gasteiger partial charge on any atom is 0.339 e. The van der Waals surface area contributed by atoms with Crippen LogP contribution in [-0.4, -0.2) is 27.2 Å². The second-order valence-electron chi connectivity index (χ2n) is 3.92. The van der Waals surface area contributed by atoms with Gasteiger partial charge in [0.05, 0.1) is 17.4 Å². The van der Waals surface area contributed by atoms with Gasteiger partial charge < -0.3 is 14.4 Å². The highest BCUT2D eigenvalue weighted by atomic mass is 79.9. The van der Waals surface area contributed by atoms with Crippen molar-refractivity contribution in [2.24, 2.45) is 0 Å². The lowest BCUT2D eigenvalue weighted by Crippen LogP contribution is -2.07. The summed E-state index contributed by atoms with van der Waals surface area (Å²) in [6, 6.07) is 4.96. The smallest absolute Gasteiger partial charge is 0.339 e. The van der Waals surface area contributed by atoms with Gasteiger partial charge in [0, 0.05) is 18.9 Å². The molecule has 2 aromatic rings. The van der Waals surface area contributed by atoms with Gasteiger partial charge in [-0.1, -0.05) is 6.07 Å². The first kappa shape index (κ1) is 13.6. The minimum atomic E-state index is -0.995. The second-order valence-corrected chi connectivity index (χ2v) is 4.78. The van der Waals surface area contributed by atoms with E-state index in [1.807, 2.05) is 10.8 Å². The SMILES string of the molecule is O=C(O)c1cccc(Br)c1OCCCn1ccnc1. The minimum Gasteiger partial charge on any atom is -0.491 e. The Morgan fingerprint density at radius 2 is 2.32 bits per heavy atom. The predicted octanol–water partition coefficient (Wildman–Crippen LogP) is 2.81. The first-order chi connectivity index (χ1) is 9.18. The van der Waals surface area contributed by atoms with Crippen molar-refractivity contribution in [2.45, 2.75) is 13.0 Å². The summed E-state index contributed by atoms with van der Waals surface area (Å²) in [6.45, 7) is 1.23. The lowest BCUT2D eigenvalue weighted by molar-refractivity contribution is 0.0692. The molecule has 0 unspecified atom stereocenters. The van der Waals surface area contributed by atoms with Crippen LogP contribution < -0.4 is 4.74 Å². The minimum absolute atomic E-state index is 0.164. The number of hydrogen-bond donors (Lipinski definition) is 1. The average Bonchev–Trinajstić information content (AvgIpc) is 2.88. The van der Waals surface area contributed by atoms with E-state index < -0.39 is 5.97 Å². The molecule has 19 heavy (non-hydrogen) atoms. The number of aromatic carboxylic acids is 1. The Balaban J connectivity index is 1.93. The van der Waals surface area contributed by atoms with E-state index in [0.29, 0.717) is 16.8 Å². The molecule has 0 saturated heterocycles. The highest BCUT2D eigenvalue weighted by molar-refractivity contribution is 9.10. The van der Waals surface area contributed by atoms with E-state index in [1.165, 1.54) is 6.07 Å². The maximum absolute atomic E-state index is 11.1. The van der Waals surface area contributed by atoms with Gasteiger partial charge in [0.15, 0.2) is 0 Å². The van der Waals surface area contributed by atoms with E-state index >= 15 is 0 Å². The Hall–Kier alpha value is -1.82. The fourth-order valence-electron chi connectivity index (χ4n) is 1.66. The first-order valence-corrected chi connectivity index (χ1v) is 6.58. The van der Waals surface area contributed by atoms with E-state index in [2.05, 4.69) is 20.9 Å². The number of halogens is 1. The molecule has 100 valence electrons. The molecule has 0 fully saturated rings. The summed E-state index contributed by atoms with van der Waals surface area (Å²) in [7, 11) is 0. The Bertz CT molecular complexity index is 555. The molecule has 0 aliphatic heterocycles. The summed E-state index contributed by atoms with van der Waals surface area (Å²) in [5, 5.41) is 9.08. The van der Waals surface area contributed by atoms with Crippen molar-refractivity contribution in [3.05, 3.63) is 47.0 Å². The van der Waals surface area contributed by atoms with Gasteiger partial charge in [-0.25, -0.2) is 9.78 Å². The lowest BCUT2D eigenvalue weighted by atomic mass is 10.2. The summed E-state index contributed by atoms with van der Waals surface area (Å²) >= 11 is 3.30. The maximum atomic E-state index is 11.1. The lowest BCUT2D eigenvalue weighted by Gasteiger charge is -2.11. The van der Waals surface area contributed by atoms with Crippen molar-refractivity contribution in [3.8, 4) is 5.75 Å². The molecule has 0 radical (unpaired) electrons. The molecular formula is C13H13BrN2O3. The van der Waals surface area contributed by atoms with Crippen molar-refractivity contribution < 1.29 is 14.6 Å². The number of rotatable bonds is 6. The van der Waals surface area contributed by atoms with E-state index in [9.17, 15) is 4.79 Å². The third-order valence-corrected chi connectivity index (χ3v) is 3.19. The predicted molar refractivity (Wildman–Crippen MR) is 73.4 cm³/mol. The normalized spacial score (nSPS) is 10.4. The fraction of sp³-hybridized carbons (Fsp3) is 0.231. The highest BCUT2D eigenvalue weighted by Crippen LogP contribution is 2.29. The number of carboxylic acid groups (broad SMARTS) is 1. The average molecular weight is 325 g/mol.